The van der Waals surface area contributed by atoms with Crippen molar-refractivity contribution in [1.29, 1.82) is 0 Å². The fourth-order valence-corrected chi connectivity index (χ4v) is 4.53. The van der Waals surface area contributed by atoms with Gasteiger partial charge in [-0.15, -0.1) is 0 Å². The number of hydrogen-bond donors (Lipinski definition) is 1. The first-order valence-electron chi connectivity index (χ1n) is 9.87. The van der Waals surface area contributed by atoms with Gasteiger partial charge in [0.1, 0.15) is 0 Å². The van der Waals surface area contributed by atoms with E-state index >= 15 is 0 Å². The number of benzene rings is 1. The second-order valence-corrected chi connectivity index (χ2v) is 7.96. The highest BCUT2D eigenvalue weighted by Crippen LogP contribution is 2.41. The normalized spacial score (nSPS) is 25.9. The highest BCUT2D eigenvalue weighted by molar-refractivity contribution is 5.34. The molecule has 0 unspecified atom stereocenters. The zero-order chi connectivity index (χ0) is 17.9. The van der Waals surface area contributed by atoms with E-state index in [1.54, 1.807) is 0 Å². The van der Waals surface area contributed by atoms with E-state index in [1.165, 1.54) is 37.8 Å². The summed E-state index contributed by atoms with van der Waals surface area (Å²) in [6.45, 7) is 2.66. The predicted octanol–water partition coefficient (Wildman–Crippen LogP) is 5.71. The van der Waals surface area contributed by atoms with Crippen LogP contribution in [-0.4, -0.2) is 11.7 Å². The Balaban J connectivity index is 1.59. The van der Waals surface area contributed by atoms with Crippen LogP contribution in [0.2, 0.25) is 0 Å². The first kappa shape index (κ1) is 18.6. The number of halogens is 2. The van der Waals surface area contributed by atoms with E-state index in [1.807, 2.05) is 0 Å². The van der Waals surface area contributed by atoms with Crippen LogP contribution in [0.4, 0.5) is 8.78 Å². The molecule has 140 valence electrons. The van der Waals surface area contributed by atoms with Crippen molar-refractivity contribution >= 4 is 0 Å². The van der Waals surface area contributed by atoms with Crippen molar-refractivity contribution in [2.45, 2.75) is 76.7 Å². The summed E-state index contributed by atoms with van der Waals surface area (Å²) < 4.78 is 34.4. The van der Waals surface area contributed by atoms with Crippen molar-refractivity contribution in [3.63, 3.8) is 0 Å². The van der Waals surface area contributed by atoms with Crippen LogP contribution in [0.3, 0.4) is 0 Å². The fourth-order valence-electron chi connectivity index (χ4n) is 4.53. The first-order valence-corrected chi connectivity index (χ1v) is 9.87. The standard InChI is InChI=1S/C21H30F2O2/c1-2-5-15-6-8-16(9-7-15)14-25-18-11-10-17(19(22)20(18)23)21(24)12-3-4-13-21/h10-11,15-16,24H,2-9,12-14H2,1H3. The molecule has 0 bridgehead atoms. The first-order chi connectivity index (χ1) is 12.0. The SMILES string of the molecule is CCCC1CCC(COc2ccc(C3(O)CCCC3)c(F)c2F)CC1. The van der Waals surface area contributed by atoms with Crippen LogP contribution in [0.5, 0.6) is 5.75 Å². The molecule has 0 aliphatic heterocycles. The zero-order valence-corrected chi connectivity index (χ0v) is 15.2. The highest BCUT2D eigenvalue weighted by atomic mass is 19.2. The molecule has 1 aromatic rings. The molecule has 4 heteroatoms. The van der Waals surface area contributed by atoms with Crippen molar-refractivity contribution in [1.82, 2.24) is 0 Å². The molecule has 0 atom stereocenters. The third kappa shape index (κ3) is 4.16. The van der Waals surface area contributed by atoms with Gasteiger partial charge in [0.15, 0.2) is 11.6 Å². The van der Waals surface area contributed by atoms with Gasteiger partial charge in [-0.3, -0.25) is 0 Å². The Morgan fingerprint density at radius 3 is 2.32 bits per heavy atom. The molecule has 3 rings (SSSR count). The third-order valence-electron chi connectivity index (χ3n) is 6.12. The lowest BCUT2D eigenvalue weighted by Gasteiger charge is -2.28. The van der Waals surface area contributed by atoms with Crippen LogP contribution in [0.25, 0.3) is 0 Å². The van der Waals surface area contributed by atoms with Crippen molar-refractivity contribution in [2.75, 3.05) is 6.61 Å². The molecule has 2 saturated carbocycles. The Labute approximate surface area is 149 Å². The maximum Gasteiger partial charge on any atom is 0.200 e. The molecule has 0 radical (unpaired) electrons. The number of rotatable bonds is 6. The van der Waals surface area contributed by atoms with E-state index in [9.17, 15) is 13.9 Å². The van der Waals surface area contributed by atoms with Gasteiger partial charge in [-0.1, -0.05) is 45.4 Å². The summed E-state index contributed by atoms with van der Waals surface area (Å²) >= 11 is 0. The largest absolute Gasteiger partial charge is 0.490 e. The van der Waals surface area contributed by atoms with Gasteiger partial charge >= 0.3 is 0 Å². The van der Waals surface area contributed by atoms with E-state index in [4.69, 9.17) is 4.74 Å². The minimum Gasteiger partial charge on any atom is -0.490 e. The number of aliphatic hydroxyl groups is 1. The Hall–Kier alpha value is -1.16. The average Bonchev–Trinajstić information content (AvgIpc) is 3.05. The fraction of sp³-hybridized carbons (Fsp3) is 0.714. The van der Waals surface area contributed by atoms with Crippen molar-refractivity contribution in [2.24, 2.45) is 11.8 Å². The van der Waals surface area contributed by atoms with E-state index in [-0.39, 0.29) is 11.3 Å². The van der Waals surface area contributed by atoms with Crippen LogP contribution in [0.1, 0.15) is 76.7 Å². The molecular weight excluding hydrogens is 322 g/mol. The third-order valence-corrected chi connectivity index (χ3v) is 6.12. The molecule has 2 nitrogen and oxygen atoms in total. The van der Waals surface area contributed by atoms with E-state index in [2.05, 4.69) is 6.92 Å². The smallest absolute Gasteiger partial charge is 0.200 e. The van der Waals surface area contributed by atoms with Crippen molar-refractivity contribution < 1.29 is 18.6 Å². The molecule has 0 saturated heterocycles. The Kier molecular flexibility index (Phi) is 5.98. The minimum absolute atomic E-state index is 0.0291. The Morgan fingerprint density at radius 1 is 1.04 bits per heavy atom. The lowest BCUT2D eigenvalue weighted by Crippen LogP contribution is -2.24. The van der Waals surface area contributed by atoms with Crippen LogP contribution < -0.4 is 4.74 Å². The van der Waals surface area contributed by atoms with Crippen LogP contribution in [0, 0.1) is 23.5 Å². The minimum atomic E-state index is -1.22. The zero-order valence-electron chi connectivity index (χ0n) is 15.2. The van der Waals surface area contributed by atoms with Crippen molar-refractivity contribution in [3.8, 4) is 5.75 Å². The summed E-state index contributed by atoms with van der Waals surface area (Å²) in [5.41, 5.74) is -1.14. The summed E-state index contributed by atoms with van der Waals surface area (Å²) in [6.07, 6.45) is 9.82. The molecule has 0 amide bonds. The van der Waals surface area contributed by atoms with Crippen LogP contribution >= 0.6 is 0 Å². The van der Waals surface area contributed by atoms with Gasteiger partial charge in [-0.05, 0) is 49.7 Å². The van der Waals surface area contributed by atoms with Crippen LogP contribution in [-0.2, 0) is 5.60 Å². The molecule has 0 spiro atoms. The average molecular weight is 352 g/mol. The second-order valence-electron chi connectivity index (χ2n) is 7.96. The Bertz CT molecular complexity index is 574. The van der Waals surface area contributed by atoms with Gasteiger partial charge in [0, 0.05) is 5.56 Å². The summed E-state index contributed by atoms with van der Waals surface area (Å²) in [6, 6.07) is 2.98. The summed E-state index contributed by atoms with van der Waals surface area (Å²) in [7, 11) is 0. The quantitative estimate of drug-likeness (QED) is 0.710. The molecule has 0 aromatic heterocycles. The molecule has 2 aliphatic rings. The van der Waals surface area contributed by atoms with Gasteiger partial charge in [0.05, 0.1) is 12.2 Å². The topological polar surface area (TPSA) is 29.5 Å². The molecule has 2 aliphatic carbocycles. The number of ether oxygens (including phenoxy) is 1. The van der Waals surface area contributed by atoms with Gasteiger partial charge < -0.3 is 9.84 Å². The molecule has 1 aromatic carbocycles. The van der Waals surface area contributed by atoms with Gasteiger partial charge in [0.25, 0.3) is 0 Å². The van der Waals surface area contributed by atoms with Gasteiger partial charge in [-0.2, -0.15) is 4.39 Å². The molecule has 2 fully saturated rings. The molecular formula is C21H30F2O2. The van der Waals surface area contributed by atoms with Gasteiger partial charge in [0.2, 0.25) is 5.82 Å². The predicted molar refractivity (Wildman–Crippen MR) is 94.6 cm³/mol. The van der Waals surface area contributed by atoms with Crippen molar-refractivity contribution in [3.05, 3.63) is 29.3 Å². The van der Waals surface area contributed by atoms with E-state index in [0.717, 1.165) is 31.6 Å². The second kappa shape index (κ2) is 8.03. The lowest BCUT2D eigenvalue weighted by molar-refractivity contribution is 0.0398. The summed E-state index contributed by atoms with van der Waals surface area (Å²) in [4.78, 5) is 0. The van der Waals surface area contributed by atoms with E-state index in [0.29, 0.717) is 25.4 Å². The Morgan fingerprint density at radius 2 is 1.68 bits per heavy atom. The lowest BCUT2D eigenvalue weighted by atomic mass is 9.80. The summed E-state index contributed by atoms with van der Waals surface area (Å²) in [5.74, 6) is -0.694. The van der Waals surface area contributed by atoms with E-state index < -0.39 is 17.2 Å². The highest BCUT2D eigenvalue weighted by Gasteiger charge is 2.37. The monoisotopic (exact) mass is 352 g/mol. The molecule has 1 N–H and O–H groups in total. The maximum absolute atomic E-state index is 14.4. The van der Waals surface area contributed by atoms with Gasteiger partial charge in [-0.25, -0.2) is 4.39 Å². The van der Waals surface area contributed by atoms with Crippen LogP contribution in [0.15, 0.2) is 12.1 Å². The molecule has 0 heterocycles. The summed E-state index contributed by atoms with van der Waals surface area (Å²) in [5, 5.41) is 10.5. The molecule has 25 heavy (non-hydrogen) atoms. The maximum atomic E-state index is 14.4. The number of hydrogen-bond acceptors (Lipinski definition) is 2.